The SMILES string of the molecule is O=C(COc1ccccc1)N[C@@H]1CC[C@@H](c2nnc(C3CC(OC(F)(F)F)C3)o2)OC1. The molecule has 0 unspecified atom stereocenters. The molecule has 4 rings (SSSR count). The van der Waals surface area contributed by atoms with Crippen LogP contribution in [0.3, 0.4) is 0 Å². The van der Waals surface area contributed by atoms with E-state index in [0.29, 0.717) is 30.4 Å². The fourth-order valence-corrected chi connectivity index (χ4v) is 3.59. The van der Waals surface area contributed by atoms with E-state index in [9.17, 15) is 18.0 Å². The van der Waals surface area contributed by atoms with Gasteiger partial charge < -0.3 is 19.2 Å². The first-order valence-electron chi connectivity index (χ1n) is 10.0. The van der Waals surface area contributed by atoms with E-state index in [1.54, 1.807) is 12.1 Å². The Labute approximate surface area is 176 Å². The lowest BCUT2D eigenvalue weighted by Gasteiger charge is -2.33. The number of hydrogen-bond acceptors (Lipinski definition) is 7. The number of amides is 1. The van der Waals surface area contributed by atoms with Crippen LogP contribution >= 0.6 is 0 Å². The van der Waals surface area contributed by atoms with E-state index in [-0.39, 0.29) is 43.9 Å². The zero-order valence-corrected chi connectivity index (χ0v) is 16.5. The molecule has 0 spiro atoms. The Balaban J connectivity index is 1.18. The van der Waals surface area contributed by atoms with Crippen LogP contribution in [0.4, 0.5) is 13.2 Å². The number of nitrogens with one attached hydrogen (secondary N) is 1. The smallest absolute Gasteiger partial charge is 0.484 e. The Kier molecular flexibility index (Phi) is 6.42. The monoisotopic (exact) mass is 441 g/mol. The van der Waals surface area contributed by atoms with Crippen molar-refractivity contribution in [2.45, 2.75) is 56.2 Å². The van der Waals surface area contributed by atoms with Gasteiger partial charge in [-0.05, 0) is 37.8 Å². The standard InChI is InChI=1S/C20H22F3N3O5/c21-20(22,23)31-15-8-12(9-15)18-25-26-19(30-18)16-7-6-13(10-29-16)24-17(27)11-28-14-4-2-1-3-5-14/h1-5,12-13,15-16H,6-11H2,(H,24,27)/t12?,13-,15?,16+/m1/s1. The largest absolute Gasteiger partial charge is 0.522 e. The number of ether oxygens (including phenoxy) is 3. The van der Waals surface area contributed by atoms with Crippen molar-refractivity contribution in [3.05, 3.63) is 42.1 Å². The molecule has 2 fully saturated rings. The first-order chi connectivity index (χ1) is 14.9. The summed E-state index contributed by atoms with van der Waals surface area (Å²) in [6, 6.07) is 8.90. The number of rotatable bonds is 7. The highest BCUT2D eigenvalue weighted by Crippen LogP contribution is 2.41. The first kappa shape index (κ1) is 21.6. The van der Waals surface area contributed by atoms with Crippen LogP contribution in [0.2, 0.25) is 0 Å². The molecule has 8 nitrogen and oxygen atoms in total. The summed E-state index contributed by atoms with van der Waals surface area (Å²) in [4.78, 5) is 12.1. The van der Waals surface area contributed by atoms with E-state index in [1.165, 1.54) is 0 Å². The van der Waals surface area contributed by atoms with Gasteiger partial charge in [0.05, 0.1) is 18.8 Å². The zero-order valence-electron chi connectivity index (χ0n) is 16.5. The third-order valence-electron chi connectivity index (χ3n) is 5.23. The van der Waals surface area contributed by atoms with Crippen LogP contribution in [-0.4, -0.2) is 47.8 Å². The third-order valence-corrected chi connectivity index (χ3v) is 5.23. The summed E-state index contributed by atoms with van der Waals surface area (Å²) in [6.07, 6.45) is -4.32. The molecule has 168 valence electrons. The lowest BCUT2D eigenvalue weighted by molar-refractivity contribution is -0.352. The highest BCUT2D eigenvalue weighted by Gasteiger charge is 2.42. The van der Waals surface area contributed by atoms with Crippen molar-refractivity contribution in [3.63, 3.8) is 0 Å². The molecule has 0 radical (unpaired) electrons. The minimum absolute atomic E-state index is 0.0859. The van der Waals surface area contributed by atoms with Gasteiger partial charge in [-0.2, -0.15) is 0 Å². The maximum atomic E-state index is 12.2. The molecule has 1 aliphatic heterocycles. The van der Waals surface area contributed by atoms with Gasteiger partial charge in [0.1, 0.15) is 11.9 Å². The molecule has 2 aliphatic rings. The molecule has 2 heterocycles. The van der Waals surface area contributed by atoms with Crippen molar-refractivity contribution in [2.75, 3.05) is 13.2 Å². The van der Waals surface area contributed by atoms with E-state index in [2.05, 4.69) is 20.3 Å². The van der Waals surface area contributed by atoms with Gasteiger partial charge in [-0.25, -0.2) is 0 Å². The van der Waals surface area contributed by atoms with Crippen LogP contribution in [0, 0.1) is 0 Å². The second-order valence-electron chi connectivity index (χ2n) is 7.60. The minimum atomic E-state index is -4.63. The van der Waals surface area contributed by atoms with Gasteiger partial charge in [-0.3, -0.25) is 9.53 Å². The molecule has 1 aromatic carbocycles. The molecule has 31 heavy (non-hydrogen) atoms. The van der Waals surface area contributed by atoms with Crippen molar-refractivity contribution in [1.29, 1.82) is 0 Å². The Morgan fingerprint density at radius 1 is 1.13 bits per heavy atom. The van der Waals surface area contributed by atoms with Crippen LogP contribution in [-0.2, 0) is 14.3 Å². The van der Waals surface area contributed by atoms with Crippen LogP contribution < -0.4 is 10.1 Å². The number of benzene rings is 1. The summed E-state index contributed by atoms with van der Waals surface area (Å²) in [5, 5.41) is 10.8. The average molecular weight is 441 g/mol. The molecule has 1 N–H and O–H groups in total. The second-order valence-corrected chi connectivity index (χ2v) is 7.60. The third kappa shape index (κ3) is 5.95. The first-order valence-corrected chi connectivity index (χ1v) is 10.0. The minimum Gasteiger partial charge on any atom is -0.484 e. The van der Waals surface area contributed by atoms with Gasteiger partial charge in [-0.1, -0.05) is 18.2 Å². The molecular weight excluding hydrogens is 419 g/mol. The lowest BCUT2D eigenvalue weighted by Crippen LogP contribution is -2.43. The fourth-order valence-electron chi connectivity index (χ4n) is 3.59. The fraction of sp³-hybridized carbons (Fsp3) is 0.550. The summed E-state index contributed by atoms with van der Waals surface area (Å²) in [7, 11) is 0. The van der Waals surface area contributed by atoms with Gasteiger partial charge in [0.15, 0.2) is 6.61 Å². The number of halogens is 3. The molecule has 1 aromatic heterocycles. The van der Waals surface area contributed by atoms with Gasteiger partial charge in [0.2, 0.25) is 11.8 Å². The summed E-state index contributed by atoms with van der Waals surface area (Å²) < 4.78 is 57.4. The second kappa shape index (κ2) is 9.23. The van der Waals surface area contributed by atoms with Crippen molar-refractivity contribution in [1.82, 2.24) is 15.5 Å². The molecule has 1 saturated heterocycles. The molecule has 0 bridgehead atoms. The number of nitrogens with zero attached hydrogens (tertiary/aromatic N) is 2. The van der Waals surface area contributed by atoms with E-state index in [1.807, 2.05) is 18.2 Å². The van der Waals surface area contributed by atoms with Gasteiger partial charge >= 0.3 is 6.36 Å². The average Bonchev–Trinajstić information content (AvgIpc) is 3.19. The van der Waals surface area contributed by atoms with Crippen LogP contribution in [0.25, 0.3) is 0 Å². The molecule has 2 aromatic rings. The predicted octanol–water partition coefficient (Wildman–Crippen LogP) is 3.27. The molecular formula is C20H22F3N3O5. The Hall–Kier alpha value is -2.66. The zero-order chi connectivity index (χ0) is 21.8. The number of alkyl halides is 3. The van der Waals surface area contributed by atoms with Crippen molar-refractivity contribution >= 4 is 5.91 Å². The number of para-hydroxylation sites is 1. The van der Waals surface area contributed by atoms with Crippen molar-refractivity contribution in [2.24, 2.45) is 0 Å². The van der Waals surface area contributed by atoms with Crippen LogP contribution in [0.15, 0.2) is 34.7 Å². The Bertz CT molecular complexity index is 862. The molecule has 1 aliphatic carbocycles. The van der Waals surface area contributed by atoms with Crippen molar-refractivity contribution in [3.8, 4) is 5.75 Å². The predicted molar refractivity (Wildman–Crippen MR) is 99.0 cm³/mol. The van der Waals surface area contributed by atoms with Crippen LogP contribution in [0.5, 0.6) is 5.75 Å². The highest BCUT2D eigenvalue weighted by atomic mass is 19.4. The van der Waals surface area contributed by atoms with Gasteiger partial charge in [-0.15, -0.1) is 23.4 Å². The van der Waals surface area contributed by atoms with Gasteiger partial charge in [0.25, 0.3) is 5.91 Å². The molecule has 11 heteroatoms. The van der Waals surface area contributed by atoms with E-state index >= 15 is 0 Å². The van der Waals surface area contributed by atoms with E-state index in [4.69, 9.17) is 13.9 Å². The Morgan fingerprint density at radius 2 is 1.87 bits per heavy atom. The Morgan fingerprint density at radius 3 is 2.55 bits per heavy atom. The normalized spacial score (nSPS) is 26.2. The quantitative estimate of drug-likeness (QED) is 0.705. The molecule has 1 saturated carbocycles. The summed E-state index contributed by atoms with van der Waals surface area (Å²) in [6.45, 7) is 0.196. The van der Waals surface area contributed by atoms with Crippen LogP contribution in [0.1, 0.15) is 49.5 Å². The van der Waals surface area contributed by atoms with E-state index < -0.39 is 18.6 Å². The maximum absolute atomic E-state index is 12.2. The topological polar surface area (TPSA) is 95.7 Å². The van der Waals surface area contributed by atoms with Gasteiger partial charge in [0, 0.05) is 5.92 Å². The van der Waals surface area contributed by atoms with Crippen molar-refractivity contribution < 1.29 is 36.6 Å². The maximum Gasteiger partial charge on any atom is 0.522 e. The number of aromatic nitrogens is 2. The lowest BCUT2D eigenvalue weighted by atomic mass is 9.82. The summed E-state index contributed by atoms with van der Waals surface area (Å²) >= 11 is 0. The summed E-state index contributed by atoms with van der Waals surface area (Å²) in [5.74, 6) is 0.736. The number of carbonyl (C=O) groups excluding carboxylic acids is 1. The highest BCUT2D eigenvalue weighted by molar-refractivity contribution is 5.77. The molecule has 2 atom stereocenters. The number of carbonyl (C=O) groups is 1. The van der Waals surface area contributed by atoms with E-state index in [0.717, 1.165) is 0 Å². The summed E-state index contributed by atoms with van der Waals surface area (Å²) in [5.41, 5.74) is 0. The molecule has 1 amide bonds. The number of hydrogen-bond donors (Lipinski definition) is 1.